The molecule has 1 aliphatic carbocycles. The number of hydrogen-bond acceptors (Lipinski definition) is 3. The second-order valence-electron chi connectivity index (χ2n) is 7.44. The van der Waals surface area contributed by atoms with Crippen LogP contribution in [0, 0.1) is 5.82 Å². The maximum Gasteiger partial charge on any atom is 0.239 e. The molecule has 1 amide bonds. The zero-order valence-corrected chi connectivity index (χ0v) is 14.7. The average Bonchev–Trinajstić information content (AvgIpc) is 3.44. The number of nitrogens with two attached hydrogens (primary N) is 1. The smallest absolute Gasteiger partial charge is 0.239 e. The van der Waals surface area contributed by atoms with Crippen molar-refractivity contribution in [2.24, 2.45) is 5.73 Å². The van der Waals surface area contributed by atoms with Crippen LogP contribution in [0.15, 0.2) is 48.5 Å². The van der Waals surface area contributed by atoms with E-state index < -0.39 is 0 Å². The molecule has 3 N–H and O–H groups in total. The highest BCUT2D eigenvalue weighted by molar-refractivity contribution is 5.82. The van der Waals surface area contributed by atoms with Crippen molar-refractivity contribution in [3.8, 4) is 0 Å². The SMILES string of the molecule is NC1CCN(CC(=O)NCC2(c3ccccc3)CC2)c2cc(F)ccc21. The third kappa shape index (κ3) is 3.31. The first kappa shape index (κ1) is 17.0. The van der Waals surface area contributed by atoms with Gasteiger partial charge in [0.05, 0.1) is 6.54 Å². The minimum Gasteiger partial charge on any atom is -0.362 e. The maximum absolute atomic E-state index is 13.7. The van der Waals surface area contributed by atoms with Gasteiger partial charge in [-0.1, -0.05) is 36.4 Å². The van der Waals surface area contributed by atoms with Gasteiger partial charge < -0.3 is 16.0 Å². The van der Waals surface area contributed by atoms with Crippen molar-refractivity contribution in [2.45, 2.75) is 30.7 Å². The molecule has 2 aromatic rings. The number of halogens is 1. The van der Waals surface area contributed by atoms with E-state index in [-0.39, 0.29) is 29.7 Å². The van der Waals surface area contributed by atoms with Crippen molar-refractivity contribution in [1.29, 1.82) is 0 Å². The van der Waals surface area contributed by atoms with Crippen LogP contribution in [0.1, 0.15) is 36.4 Å². The first-order chi connectivity index (χ1) is 12.6. The average molecular weight is 353 g/mol. The maximum atomic E-state index is 13.7. The summed E-state index contributed by atoms with van der Waals surface area (Å²) in [5, 5.41) is 3.08. The van der Waals surface area contributed by atoms with Crippen LogP contribution >= 0.6 is 0 Å². The first-order valence-electron chi connectivity index (χ1n) is 9.20. The molecule has 4 rings (SSSR count). The molecule has 0 radical (unpaired) electrons. The van der Waals surface area contributed by atoms with E-state index in [2.05, 4.69) is 17.4 Å². The molecule has 0 spiro atoms. The lowest BCUT2D eigenvalue weighted by atomic mass is 9.96. The van der Waals surface area contributed by atoms with Gasteiger partial charge in [0.1, 0.15) is 5.82 Å². The van der Waals surface area contributed by atoms with E-state index >= 15 is 0 Å². The summed E-state index contributed by atoms with van der Waals surface area (Å²) in [6.07, 6.45) is 2.97. The monoisotopic (exact) mass is 353 g/mol. The molecule has 2 aliphatic rings. The van der Waals surface area contributed by atoms with Crippen LogP contribution in [0.3, 0.4) is 0 Å². The summed E-state index contributed by atoms with van der Waals surface area (Å²) < 4.78 is 13.7. The number of carbonyl (C=O) groups excluding carboxylic acids is 1. The highest BCUT2D eigenvalue weighted by Crippen LogP contribution is 2.47. The molecule has 5 heteroatoms. The summed E-state index contributed by atoms with van der Waals surface area (Å²) in [4.78, 5) is 14.4. The second kappa shape index (κ2) is 6.72. The lowest BCUT2D eigenvalue weighted by molar-refractivity contribution is -0.119. The Morgan fingerprint density at radius 3 is 2.73 bits per heavy atom. The van der Waals surface area contributed by atoms with Gasteiger partial charge in [0.2, 0.25) is 5.91 Å². The highest BCUT2D eigenvalue weighted by atomic mass is 19.1. The predicted molar refractivity (Wildman–Crippen MR) is 101 cm³/mol. The lowest BCUT2D eigenvalue weighted by Gasteiger charge is -2.34. The fourth-order valence-electron chi connectivity index (χ4n) is 3.85. The van der Waals surface area contributed by atoms with Gasteiger partial charge in [-0.15, -0.1) is 0 Å². The normalized spacial score (nSPS) is 20.4. The van der Waals surface area contributed by atoms with Crippen LogP contribution in [0.25, 0.3) is 0 Å². The Morgan fingerprint density at radius 2 is 2.00 bits per heavy atom. The van der Waals surface area contributed by atoms with Crippen LogP contribution in [0.4, 0.5) is 10.1 Å². The molecule has 1 saturated carbocycles. The van der Waals surface area contributed by atoms with Gasteiger partial charge in [0.15, 0.2) is 0 Å². The number of anilines is 1. The van der Waals surface area contributed by atoms with Gasteiger partial charge in [-0.05, 0) is 42.5 Å². The topological polar surface area (TPSA) is 58.4 Å². The molecule has 0 saturated heterocycles. The van der Waals surface area contributed by atoms with Crippen LogP contribution in [-0.4, -0.2) is 25.5 Å². The second-order valence-corrected chi connectivity index (χ2v) is 7.44. The van der Waals surface area contributed by atoms with Gasteiger partial charge in [-0.3, -0.25) is 4.79 Å². The Morgan fingerprint density at radius 1 is 1.23 bits per heavy atom. The summed E-state index contributed by atoms with van der Waals surface area (Å²) >= 11 is 0. The number of hydrogen-bond donors (Lipinski definition) is 2. The van der Waals surface area contributed by atoms with Gasteiger partial charge in [0.25, 0.3) is 0 Å². The first-order valence-corrected chi connectivity index (χ1v) is 9.20. The van der Waals surface area contributed by atoms with Crippen LogP contribution in [0.2, 0.25) is 0 Å². The number of amides is 1. The molecule has 0 aromatic heterocycles. The molecule has 2 aromatic carbocycles. The van der Waals surface area contributed by atoms with Gasteiger partial charge in [-0.2, -0.15) is 0 Å². The van der Waals surface area contributed by atoms with E-state index in [4.69, 9.17) is 5.73 Å². The molecule has 1 aliphatic heterocycles. The molecule has 0 bridgehead atoms. The molecule has 136 valence electrons. The molecule has 4 nitrogen and oxygen atoms in total. The third-order valence-electron chi connectivity index (χ3n) is 5.64. The molecule has 1 heterocycles. The summed E-state index contributed by atoms with van der Waals surface area (Å²) in [7, 11) is 0. The lowest BCUT2D eigenvalue weighted by Crippen LogP contribution is -2.43. The minimum absolute atomic E-state index is 0.0297. The van der Waals surface area contributed by atoms with E-state index in [1.807, 2.05) is 23.1 Å². The Hall–Kier alpha value is -2.40. The van der Waals surface area contributed by atoms with E-state index in [0.717, 1.165) is 30.5 Å². The van der Waals surface area contributed by atoms with Crippen molar-refractivity contribution >= 4 is 11.6 Å². The third-order valence-corrected chi connectivity index (χ3v) is 5.64. The van der Waals surface area contributed by atoms with E-state index in [1.165, 1.54) is 17.7 Å². The van der Waals surface area contributed by atoms with Crippen molar-refractivity contribution in [1.82, 2.24) is 5.32 Å². The molecular weight excluding hydrogens is 329 g/mol. The Kier molecular flexibility index (Phi) is 4.41. The zero-order chi connectivity index (χ0) is 18.1. The van der Waals surface area contributed by atoms with E-state index in [1.54, 1.807) is 6.07 Å². The fraction of sp³-hybridized carbons (Fsp3) is 0.381. The quantitative estimate of drug-likeness (QED) is 0.869. The van der Waals surface area contributed by atoms with E-state index in [9.17, 15) is 9.18 Å². The molecule has 26 heavy (non-hydrogen) atoms. The van der Waals surface area contributed by atoms with Crippen molar-refractivity contribution in [2.75, 3.05) is 24.5 Å². The molecular formula is C21H24FN3O. The number of benzene rings is 2. The number of carbonyl (C=O) groups is 1. The number of nitrogens with one attached hydrogen (secondary N) is 1. The molecule has 1 unspecified atom stereocenters. The summed E-state index contributed by atoms with van der Waals surface area (Å²) in [5.74, 6) is -0.331. The van der Waals surface area contributed by atoms with Crippen molar-refractivity contribution < 1.29 is 9.18 Å². The van der Waals surface area contributed by atoms with Gasteiger partial charge in [0, 0.05) is 30.2 Å². The van der Waals surface area contributed by atoms with E-state index in [0.29, 0.717) is 13.1 Å². The van der Waals surface area contributed by atoms with Crippen molar-refractivity contribution in [3.05, 3.63) is 65.5 Å². The highest BCUT2D eigenvalue weighted by Gasteiger charge is 2.44. The number of fused-ring (bicyclic) bond motifs is 1. The van der Waals surface area contributed by atoms with Crippen molar-refractivity contribution in [3.63, 3.8) is 0 Å². The summed E-state index contributed by atoms with van der Waals surface area (Å²) in [5.41, 5.74) is 9.15. The Labute approximate surface area is 153 Å². The standard InChI is InChI=1S/C21H24FN3O/c22-16-6-7-17-18(23)8-11-25(19(17)12-16)13-20(26)24-14-21(9-10-21)15-4-2-1-3-5-15/h1-7,12,18H,8-11,13-14,23H2,(H,24,26). The van der Waals surface area contributed by atoms with Gasteiger partial charge in [-0.25, -0.2) is 4.39 Å². The van der Waals surface area contributed by atoms with Crippen LogP contribution in [-0.2, 0) is 10.2 Å². The number of rotatable bonds is 5. The predicted octanol–water partition coefficient (Wildman–Crippen LogP) is 2.88. The molecule has 1 atom stereocenters. The van der Waals surface area contributed by atoms with Crippen LogP contribution < -0.4 is 16.0 Å². The summed E-state index contributed by atoms with van der Waals surface area (Å²) in [6, 6.07) is 14.9. The molecule has 1 fully saturated rings. The zero-order valence-electron chi connectivity index (χ0n) is 14.7. The van der Waals surface area contributed by atoms with Crippen LogP contribution in [0.5, 0.6) is 0 Å². The Bertz CT molecular complexity index is 804. The van der Waals surface area contributed by atoms with Gasteiger partial charge >= 0.3 is 0 Å². The summed E-state index contributed by atoms with van der Waals surface area (Å²) in [6.45, 7) is 1.54. The number of nitrogens with zero attached hydrogens (tertiary/aromatic N) is 1. The Balaban J connectivity index is 1.40. The fourth-order valence-corrected chi connectivity index (χ4v) is 3.85. The minimum atomic E-state index is -0.302. The largest absolute Gasteiger partial charge is 0.362 e.